The van der Waals surface area contributed by atoms with Crippen molar-refractivity contribution >= 4 is 39.9 Å². The highest BCUT2D eigenvalue weighted by Gasteiger charge is 2.26. The number of fused-ring (bicyclic) bond motifs is 1. The fourth-order valence-corrected chi connectivity index (χ4v) is 5.26. The van der Waals surface area contributed by atoms with Gasteiger partial charge in [-0.3, -0.25) is 9.59 Å². The van der Waals surface area contributed by atoms with E-state index in [0.717, 1.165) is 41.0 Å². The number of hydrogen-bond donors (Lipinski definition) is 2. The predicted molar refractivity (Wildman–Crippen MR) is 108 cm³/mol. The Balaban J connectivity index is 1.47. The number of carbonyl (C=O) groups is 2. The maximum Gasteiger partial charge on any atom is 0.251 e. The van der Waals surface area contributed by atoms with Crippen LogP contribution < -0.4 is 11.1 Å². The second-order valence-corrected chi connectivity index (χ2v) is 8.47. The van der Waals surface area contributed by atoms with Gasteiger partial charge in [-0.05, 0) is 53.8 Å². The molecular weight excluding hydrogens is 396 g/mol. The van der Waals surface area contributed by atoms with E-state index < -0.39 is 5.91 Å². The van der Waals surface area contributed by atoms with Gasteiger partial charge in [0.25, 0.3) is 5.91 Å². The lowest BCUT2D eigenvalue weighted by Gasteiger charge is -2.08. The number of rotatable bonds is 6. The molecule has 0 fully saturated rings. The zero-order valence-corrected chi connectivity index (χ0v) is 16.8. The molecule has 0 atom stereocenters. The van der Waals surface area contributed by atoms with E-state index in [1.54, 1.807) is 4.68 Å². The zero-order valence-electron chi connectivity index (χ0n) is 15.1. The van der Waals surface area contributed by atoms with E-state index in [1.807, 2.05) is 31.2 Å². The third kappa shape index (κ3) is 3.52. The second-order valence-electron chi connectivity index (χ2n) is 6.42. The minimum absolute atomic E-state index is 0.118. The number of nitrogens with two attached hydrogens (primary N) is 1. The normalized spacial score (nSPS) is 12.8. The van der Waals surface area contributed by atoms with E-state index in [9.17, 15) is 9.59 Å². The van der Waals surface area contributed by atoms with Crippen LogP contribution in [0.1, 0.15) is 32.8 Å². The van der Waals surface area contributed by atoms with Gasteiger partial charge in [0.1, 0.15) is 5.00 Å². The van der Waals surface area contributed by atoms with Gasteiger partial charge in [0, 0.05) is 4.88 Å². The number of para-hydroxylation sites is 1. The molecule has 3 aromatic rings. The molecule has 0 saturated carbocycles. The monoisotopic (exact) mass is 414 g/mol. The first-order chi connectivity index (χ1) is 13.5. The van der Waals surface area contributed by atoms with Gasteiger partial charge in [0.15, 0.2) is 0 Å². The summed E-state index contributed by atoms with van der Waals surface area (Å²) in [6.07, 6.45) is 2.78. The van der Waals surface area contributed by atoms with Crippen LogP contribution in [0.5, 0.6) is 0 Å². The molecule has 2 aromatic heterocycles. The Morgan fingerprint density at radius 2 is 2.14 bits per heavy atom. The smallest absolute Gasteiger partial charge is 0.251 e. The van der Waals surface area contributed by atoms with Crippen LogP contribution in [0.25, 0.3) is 5.69 Å². The summed E-state index contributed by atoms with van der Waals surface area (Å²) in [5, 5.41) is 15.7. The Kier molecular flexibility index (Phi) is 5.14. The fraction of sp³-hybridized carbons (Fsp3) is 0.278. The van der Waals surface area contributed by atoms with Crippen molar-refractivity contribution in [2.75, 3.05) is 11.1 Å². The van der Waals surface area contributed by atoms with Crippen molar-refractivity contribution in [3.63, 3.8) is 0 Å². The van der Waals surface area contributed by atoms with Gasteiger partial charge >= 0.3 is 0 Å². The number of hydrogen-bond acceptors (Lipinski definition) is 7. The molecule has 28 heavy (non-hydrogen) atoms. The quantitative estimate of drug-likeness (QED) is 0.598. The molecule has 2 amide bonds. The molecule has 0 spiro atoms. The molecular formula is C18H18N6O2S2. The summed E-state index contributed by atoms with van der Waals surface area (Å²) < 4.78 is 1.61. The summed E-state index contributed by atoms with van der Waals surface area (Å²) in [5.41, 5.74) is 8.88. The summed E-state index contributed by atoms with van der Waals surface area (Å²) >= 11 is 2.68. The van der Waals surface area contributed by atoms with Gasteiger partial charge < -0.3 is 11.1 Å². The lowest BCUT2D eigenvalue weighted by molar-refractivity contribution is -0.113. The van der Waals surface area contributed by atoms with E-state index in [0.29, 0.717) is 15.7 Å². The number of benzene rings is 1. The molecule has 144 valence electrons. The lowest BCUT2D eigenvalue weighted by atomic mass is 10.1. The Labute approximate surface area is 169 Å². The highest BCUT2D eigenvalue weighted by atomic mass is 32.2. The lowest BCUT2D eigenvalue weighted by Crippen LogP contribution is -2.19. The molecule has 1 aliphatic rings. The zero-order chi connectivity index (χ0) is 19.7. The van der Waals surface area contributed by atoms with E-state index in [4.69, 9.17) is 5.73 Å². The minimum Gasteiger partial charge on any atom is -0.365 e. The van der Waals surface area contributed by atoms with Crippen molar-refractivity contribution in [1.29, 1.82) is 0 Å². The largest absolute Gasteiger partial charge is 0.365 e. The number of amides is 2. The van der Waals surface area contributed by atoms with Crippen LogP contribution in [-0.4, -0.2) is 37.8 Å². The van der Waals surface area contributed by atoms with E-state index in [2.05, 4.69) is 20.8 Å². The number of anilines is 1. The van der Waals surface area contributed by atoms with Crippen molar-refractivity contribution in [1.82, 2.24) is 20.2 Å². The molecule has 0 radical (unpaired) electrons. The van der Waals surface area contributed by atoms with E-state index in [1.165, 1.54) is 23.1 Å². The molecule has 0 bridgehead atoms. The van der Waals surface area contributed by atoms with Crippen LogP contribution in [0.15, 0.2) is 29.4 Å². The number of thioether (sulfide) groups is 1. The number of tetrazole rings is 1. The summed E-state index contributed by atoms with van der Waals surface area (Å²) in [5.74, 6) is -0.606. The molecule has 0 unspecified atom stereocenters. The van der Waals surface area contributed by atoms with Crippen LogP contribution in [0.2, 0.25) is 0 Å². The SMILES string of the molecule is Cc1ccccc1-n1nnnc1SCC(=O)Nc1sc2c(c1C(N)=O)CCC2. The number of aryl methyl sites for hydroxylation is 2. The molecule has 8 nitrogen and oxygen atoms in total. The molecule has 0 saturated heterocycles. The summed E-state index contributed by atoms with van der Waals surface area (Å²) in [6.45, 7) is 1.97. The Bertz CT molecular complexity index is 1060. The third-order valence-electron chi connectivity index (χ3n) is 4.54. The molecule has 1 aliphatic carbocycles. The van der Waals surface area contributed by atoms with Crippen molar-refractivity contribution in [3.05, 3.63) is 45.8 Å². The van der Waals surface area contributed by atoms with Crippen LogP contribution in [0.4, 0.5) is 5.00 Å². The number of nitrogens with zero attached hydrogens (tertiary/aromatic N) is 4. The average Bonchev–Trinajstić information content (AvgIpc) is 3.35. The van der Waals surface area contributed by atoms with E-state index >= 15 is 0 Å². The number of nitrogens with one attached hydrogen (secondary N) is 1. The van der Waals surface area contributed by atoms with Gasteiger partial charge in [0.05, 0.1) is 17.0 Å². The Hall–Kier alpha value is -2.72. The van der Waals surface area contributed by atoms with Crippen molar-refractivity contribution < 1.29 is 9.59 Å². The minimum atomic E-state index is -0.495. The van der Waals surface area contributed by atoms with Gasteiger partial charge in [-0.1, -0.05) is 30.0 Å². The molecule has 1 aromatic carbocycles. The first-order valence-electron chi connectivity index (χ1n) is 8.76. The molecule has 3 N–H and O–H groups in total. The van der Waals surface area contributed by atoms with Crippen LogP contribution in [0.3, 0.4) is 0 Å². The van der Waals surface area contributed by atoms with E-state index in [-0.39, 0.29) is 11.7 Å². The summed E-state index contributed by atoms with van der Waals surface area (Å²) in [4.78, 5) is 25.5. The van der Waals surface area contributed by atoms with Gasteiger partial charge in [-0.25, -0.2) is 0 Å². The van der Waals surface area contributed by atoms with Gasteiger partial charge in [-0.2, -0.15) is 4.68 Å². The van der Waals surface area contributed by atoms with Crippen molar-refractivity contribution in [3.8, 4) is 5.69 Å². The topological polar surface area (TPSA) is 116 Å². The first kappa shape index (κ1) is 18.6. The Morgan fingerprint density at radius 3 is 2.93 bits per heavy atom. The fourth-order valence-electron chi connectivity index (χ4n) is 3.27. The third-order valence-corrected chi connectivity index (χ3v) is 6.66. The highest BCUT2D eigenvalue weighted by Crippen LogP contribution is 2.38. The van der Waals surface area contributed by atoms with Gasteiger partial charge in [-0.15, -0.1) is 16.4 Å². The van der Waals surface area contributed by atoms with Crippen LogP contribution in [-0.2, 0) is 17.6 Å². The summed E-state index contributed by atoms with van der Waals surface area (Å²) in [6, 6.07) is 7.74. The number of primary amides is 1. The maximum absolute atomic E-state index is 12.5. The first-order valence-corrected chi connectivity index (χ1v) is 10.6. The van der Waals surface area contributed by atoms with Crippen LogP contribution in [0, 0.1) is 6.92 Å². The molecule has 10 heteroatoms. The number of thiophene rings is 1. The van der Waals surface area contributed by atoms with Crippen molar-refractivity contribution in [2.24, 2.45) is 5.73 Å². The van der Waals surface area contributed by atoms with Crippen molar-refractivity contribution in [2.45, 2.75) is 31.3 Å². The highest BCUT2D eigenvalue weighted by molar-refractivity contribution is 7.99. The number of carbonyl (C=O) groups excluding carboxylic acids is 2. The average molecular weight is 415 g/mol. The predicted octanol–water partition coefficient (Wildman–Crippen LogP) is 2.35. The second kappa shape index (κ2) is 7.72. The standard InChI is InChI=1S/C18H18N6O2S2/c1-10-5-2-3-7-12(10)24-18(21-22-23-24)27-9-14(25)20-17-15(16(19)26)11-6-4-8-13(11)28-17/h2-3,5,7H,4,6,8-9H2,1H3,(H2,19,26)(H,20,25). The number of aromatic nitrogens is 4. The Morgan fingerprint density at radius 1 is 1.32 bits per heavy atom. The van der Waals surface area contributed by atoms with Gasteiger partial charge in [0.2, 0.25) is 11.1 Å². The molecule has 2 heterocycles. The summed E-state index contributed by atoms with van der Waals surface area (Å²) in [7, 11) is 0. The maximum atomic E-state index is 12.5. The molecule has 4 rings (SSSR count). The molecule has 0 aliphatic heterocycles. The van der Waals surface area contributed by atoms with Crippen LogP contribution >= 0.6 is 23.1 Å².